The Hall–Kier alpha value is -2.39. The average Bonchev–Trinajstić information content (AvgIpc) is 2.54. The Bertz CT molecular complexity index is 739. The summed E-state index contributed by atoms with van der Waals surface area (Å²) in [6, 6.07) is 18.1. The van der Waals surface area contributed by atoms with Crippen molar-refractivity contribution < 1.29 is 4.74 Å². The molecule has 0 aliphatic heterocycles. The van der Waals surface area contributed by atoms with Gasteiger partial charge in [-0.05, 0) is 29.8 Å². The van der Waals surface area contributed by atoms with E-state index in [9.17, 15) is 0 Å². The molecule has 0 unspecified atom stereocenters. The molecular formula is C17H16N2O. The maximum absolute atomic E-state index is 5.89. The van der Waals surface area contributed by atoms with Gasteiger partial charge in [0.25, 0.3) is 0 Å². The van der Waals surface area contributed by atoms with E-state index in [4.69, 9.17) is 15.5 Å². The van der Waals surface area contributed by atoms with E-state index in [2.05, 4.69) is 18.2 Å². The van der Waals surface area contributed by atoms with Gasteiger partial charge in [0.15, 0.2) is 0 Å². The lowest BCUT2D eigenvalue weighted by molar-refractivity contribution is 0.415. The molecular weight excluding hydrogens is 248 g/mol. The van der Waals surface area contributed by atoms with Gasteiger partial charge < -0.3 is 10.5 Å². The lowest BCUT2D eigenvalue weighted by atomic mass is 10.0. The minimum Gasteiger partial charge on any atom is -0.497 e. The van der Waals surface area contributed by atoms with Crippen LogP contribution in [-0.2, 0) is 6.54 Å². The van der Waals surface area contributed by atoms with Crippen molar-refractivity contribution in [2.75, 3.05) is 7.11 Å². The third-order valence-electron chi connectivity index (χ3n) is 3.39. The Morgan fingerprint density at radius 2 is 1.85 bits per heavy atom. The number of hydrogen-bond acceptors (Lipinski definition) is 3. The molecule has 0 bridgehead atoms. The number of aromatic nitrogens is 1. The molecule has 1 aromatic heterocycles. The third kappa shape index (κ3) is 2.24. The fraction of sp³-hybridized carbons (Fsp3) is 0.118. The molecule has 2 N–H and O–H groups in total. The van der Waals surface area contributed by atoms with E-state index in [1.165, 1.54) is 0 Å². The summed E-state index contributed by atoms with van der Waals surface area (Å²) in [5.74, 6) is 0.821. The van der Waals surface area contributed by atoms with Crippen molar-refractivity contribution in [3.05, 3.63) is 60.2 Å². The molecule has 0 atom stereocenters. The first-order chi connectivity index (χ1) is 9.81. The smallest absolute Gasteiger partial charge is 0.119 e. The fourth-order valence-electron chi connectivity index (χ4n) is 2.33. The van der Waals surface area contributed by atoms with Crippen molar-refractivity contribution in [2.45, 2.75) is 6.54 Å². The van der Waals surface area contributed by atoms with Crippen LogP contribution in [0.25, 0.3) is 22.2 Å². The Kier molecular flexibility index (Phi) is 3.35. The lowest BCUT2D eigenvalue weighted by Gasteiger charge is -2.09. The van der Waals surface area contributed by atoms with Crippen LogP contribution in [0.4, 0.5) is 0 Å². The van der Waals surface area contributed by atoms with Crippen LogP contribution < -0.4 is 10.5 Å². The predicted molar refractivity (Wildman–Crippen MR) is 81.6 cm³/mol. The standard InChI is InChI=1S/C17H16N2O/c1-20-14-7-8-16-15(10-14)13(11-18)9-17(19-16)12-5-3-2-4-6-12/h2-10H,11,18H2,1H3. The van der Waals surface area contributed by atoms with Crippen molar-refractivity contribution in [1.29, 1.82) is 0 Å². The first-order valence-corrected chi connectivity index (χ1v) is 6.55. The Balaban J connectivity index is 2.22. The second-order valence-corrected chi connectivity index (χ2v) is 4.62. The van der Waals surface area contributed by atoms with Crippen LogP contribution in [-0.4, -0.2) is 12.1 Å². The second kappa shape index (κ2) is 5.31. The van der Waals surface area contributed by atoms with Crippen LogP contribution in [0.5, 0.6) is 5.75 Å². The highest BCUT2D eigenvalue weighted by molar-refractivity contribution is 5.86. The monoisotopic (exact) mass is 264 g/mol. The number of fused-ring (bicyclic) bond motifs is 1. The van der Waals surface area contributed by atoms with Crippen LogP contribution in [0.1, 0.15) is 5.56 Å². The van der Waals surface area contributed by atoms with E-state index in [0.29, 0.717) is 6.54 Å². The molecule has 0 fully saturated rings. The van der Waals surface area contributed by atoms with E-state index < -0.39 is 0 Å². The molecule has 0 spiro atoms. The van der Waals surface area contributed by atoms with Crippen LogP contribution >= 0.6 is 0 Å². The summed E-state index contributed by atoms with van der Waals surface area (Å²) in [5, 5.41) is 1.05. The molecule has 0 aliphatic rings. The summed E-state index contributed by atoms with van der Waals surface area (Å²) in [6.45, 7) is 0.478. The van der Waals surface area contributed by atoms with Gasteiger partial charge >= 0.3 is 0 Å². The summed E-state index contributed by atoms with van der Waals surface area (Å²) < 4.78 is 5.27. The maximum Gasteiger partial charge on any atom is 0.119 e. The van der Waals surface area contributed by atoms with Gasteiger partial charge in [0.05, 0.1) is 18.3 Å². The minimum atomic E-state index is 0.478. The van der Waals surface area contributed by atoms with Crippen molar-refractivity contribution in [2.24, 2.45) is 5.73 Å². The summed E-state index contributed by atoms with van der Waals surface area (Å²) in [4.78, 5) is 4.72. The van der Waals surface area contributed by atoms with Gasteiger partial charge in [0, 0.05) is 17.5 Å². The van der Waals surface area contributed by atoms with Crippen molar-refractivity contribution in [1.82, 2.24) is 4.98 Å². The Morgan fingerprint density at radius 1 is 1.05 bits per heavy atom. The predicted octanol–water partition coefficient (Wildman–Crippen LogP) is 3.37. The van der Waals surface area contributed by atoms with Gasteiger partial charge in [0.1, 0.15) is 5.75 Å². The van der Waals surface area contributed by atoms with Crippen LogP contribution in [0.3, 0.4) is 0 Å². The molecule has 0 aliphatic carbocycles. The van der Waals surface area contributed by atoms with Crippen LogP contribution in [0.15, 0.2) is 54.6 Å². The molecule has 0 amide bonds. The van der Waals surface area contributed by atoms with Gasteiger partial charge in [-0.2, -0.15) is 0 Å². The number of methoxy groups -OCH3 is 1. The zero-order valence-electron chi connectivity index (χ0n) is 11.3. The molecule has 100 valence electrons. The number of hydrogen-bond donors (Lipinski definition) is 1. The van der Waals surface area contributed by atoms with Crippen LogP contribution in [0.2, 0.25) is 0 Å². The quantitative estimate of drug-likeness (QED) is 0.789. The number of ether oxygens (including phenoxy) is 1. The summed E-state index contributed by atoms with van der Waals surface area (Å²) in [7, 11) is 1.66. The Labute approximate surface area is 118 Å². The highest BCUT2D eigenvalue weighted by Crippen LogP contribution is 2.27. The number of benzene rings is 2. The highest BCUT2D eigenvalue weighted by atomic mass is 16.5. The molecule has 0 saturated heterocycles. The average molecular weight is 264 g/mol. The highest BCUT2D eigenvalue weighted by Gasteiger charge is 2.07. The molecule has 3 aromatic rings. The second-order valence-electron chi connectivity index (χ2n) is 4.62. The molecule has 0 saturated carbocycles. The summed E-state index contributed by atoms with van der Waals surface area (Å²) in [5.41, 5.74) is 9.95. The third-order valence-corrected chi connectivity index (χ3v) is 3.39. The Morgan fingerprint density at radius 3 is 2.55 bits per heavy atom. The van der Waals surface area contributed by atoms with E-state index in [-0.39, 0.29) is 0 Å². The summed E-state index contributed by atoms with van der Waals surface area (Å²) in [6.07, 6.45) is 0. The van der Waals surface area contributed by atoms with E-state index in [1.54, 1.807) is 7.11 Å². The van der Waals surface area contributed by atoms with E-state index >= 15 is 0 Å². The molecule has 20 heavy (non-hydrogen) atoms. The lowest BCUT2D eigenvalue weighted by Crippen LogP contribution is -2.00. The van der Waals surface area contributed by atoms with Gasteiger partial charge in [-0.25, -0.2) is 4.98 Å². The van der Waals surface area contributed by atoms with Gasteiger partial charge in [-0.15, -0.1) is 0 Å². The fourth-order valence-corrected chi connectivity index (χ4v) is 2.33. The van der Waals surface area contributed by atoms with Crippen molar-refractivity contribution in [3.8, 4) is 17.0 Å². The normalized spacial score (nSPS) is 10.7. The first-order valence-electron chi connectivity index (χ1n) is 6.55. The zero-order chi connectivity index (χ0) is 13.9. The molecule has 3 rings (SSSR count). The first kappa shape index (κ1) is 12.6. The van der Waals surface area contributed by atoms with E-state index in [1.807, 2.05) is 36.4 Å². The molecule has 2 aromatic carbocycles. The number of nitrogens with two attached hydrogens (primary N) is 1. The number of rotatable bonds is 3. The molecule has 3 nitrogen and oxygen atoms in total. The van der Waals surface area contributed by atoms with Crippen molar-refractivity contribution in [3.63, 3.8) is 0 Å². The molecule has 1 heterocycles. The largest absolute Gasteiger partial charge is 0.497 e. The van der Waals surface area contributed by atoms with Gasteiger partial charge in [-0.3, -0.25) is 0 Å². The van der Waals surface area contributed by atoms with Gasteiger partial charge in [0.2, 0.25) is 0 Å². The molecule has 3 heteroatoms. The minimum absolute atomic E-state index is 0.478. The maximum atomic E-state index is 5.89. The zero-order valence-corrected chi connectivity index (χ0v) is 11.3. The number of nitrogens with zero attached hydrogens (tertiary/aromatic N) is 1. The SMILES string of the molecule is COc1ccc2nc(-c3ccccc3)cc(CN)c2c1. The molecule has 0 radical (unpaired) electrons. The summed E-state index contributed by atoms with van der Waals surface area (Å²) >= 11 is 0. The number of pyridine rings is 1. The van der Waals surface area contributed by atoms with E-state index in [0.717, 1.165) is 33.5 Å². The topological polar surface area (TPSA) is 48.1 Å². The van der Waals surface area contributed by atoms with Crippen LogP contribution in [0, 0.1) is 0 Å². The van der Waals surface area contributed by atoms with Gasteiger partial charge in [-0.1, -0.05) is 30.3 Å². The van der Waals surface area contributed by atoms with Crippen molar-refractivity contribution >= 4 is 10.9 Å².